The molecule has 0 fully saturated rings. The summed E-state index contributed by atoms with van der Waals surface area (Å²) in [6.07, 6.45) is 0. The van der Waals surface area contributed by atoms with Crippen LogP contribution in [0.25, 0.3) is 0 Å². The van der Waals surface area contributed by atoms with Gasteiger partial charge >= 0.3 is 0 Å². The number of nitrogens with zero attached hydrogens (tertiary/aromatic N) is 1. The highest BCUT2D eigenvalue weighted by atomic mass is 16.5. The average Bonchev–Trinajstić information content (AvgIpc) is 2.61. The quantitative estimate of drug-likeness (QED) is 0.822. The van der Waals surface area contributed by atoms with E-state index >= 15 is 0 Å². The highest BCUT2D eigenvalue weighted by molar-refractivity contribution is 6.00. The summed E-state index contributed by atoms with van der Waals surface area (Å²) in [4.78, 5) is 23.6. The van der Waals surface area contributed by atoms with Crippen LogP contribution in [0.2, 0.25) is 0 Å². The van der Waals surface area contributed by atoms with E-state index in [1.807, 2.05) is 25.1 Å². The lowest BCUT2D eigenvalue weighted by Gasteiger charge is -2.25. The normalized spacial score (nSPS) is 10.6. The van der Waals surface area contributed by atoms with E-state index in [0.717, 1.165) is 11.1 Å². The summed E-state index contributed by atoms with van der Waals surface area (Å²) >= 11 is 0. The van der Waals surface area contributed by atoms with Gasteiger partial charge in [0.05, 0.1) is 11.6 Å². The molecule has 2 N–H and O–H groups in total. The van der Waals surface area contributed by atoms with E-state index in [1.165, 1.54) is 6.92 Å². The van der Waals surface area contributed by atoms with Gasteiger partial charge in [0.15, 0.2) is 0 Å². The molecular weight excluding hydrogens is 342 g/mol. The minimum Gasteiger partial charge on any atom is -0.489 e. The van der Waals surface area contributed by atoms with Crippen molar-refractivity contribution in [1.82, 2.24) is 5.32 Å². The first-order chi connectivity index (χ1) is 12.7. The molecule has 2 rings (SSSR count). The second-order valence-electron chi connectivity index (χ2n) is 6.84. The first-order valence-corrected chi connectivity index (χ1v) is 8.54. The molecule has 0 atom stereocenters. The van der Waals surface area contributed by atoms with Crippen molar-refractivity contribution in [2.45, 2.75) is 39.8 Å². The van der Waals surface area contributed by atoms with Crippen molar-refractivity contribution in [1.29, 1.82) is 5.26 Å². The molecule has 0 unspecified atom stereocenters. The Kier molecular flexibility index (Phi) is 6.19. The average molecular weight is 365 g/mol. The van der Waals surface area contributed by atoms with E-state index in [-0.39, 0.29) is 11.8 Å². The first kappa shape index (κ1) is 20.0. The summed E-state index contributed by atoms with van der Waals surface area (Å²) in [7, 11) is 0. The van der Waals surface area contributed by atoms with Crippen molar-refractivity contribution in [3.8, 4) is 11.8 Å². The predicted molar refractivity (Wildman–Crippen MR) is 103 cm³/mol. The molecule has 6 nitrogen and oxygen atoms in total. The third-order valence-electron chi connectivity index (χ3n) is 3.96. The summed E-state index contributed by atoms with van der Waals surface area (Å²) < 4.78 is 5.77. The van der Waals surface area contributed by atoms with Crippen molar-refractivity contribution in [2.24, 2.45) is 0 Å². The summed E-state index contributed by atoms with van der Waals surface area (Å²) in [6, 6.07) is 14.7. The first-order valence-electron chi connectivity index (χ1n) is 8.54. The second kappa shape index (κ2) is 8.37. The van der Waals surface area contributed by atoms with E-state index in [4.69, 9.17) is 10.00 Å². The summed E-state index contributed by atoms with van der Waals surface area (Å²) in [5, 5.41) is 14.4. The Morgan fingerprint density at radius 3 is 2.56 bits per heavy atom. The van der Waals surface area contributed by atoms with E-state index < -0.39 is 5.54 Å². The molecule has 0 saturated heterocycles. The minimum atomic E-state index is -1.01. The number of benzene rings is 2. The Hall–Kier alpha value is -3.33. The Labute approximate surface area is 159 Å². The fourth-order valence-corrected chi connectivity index (χ4v) is 2.54. The fraction of sp³-hybridized carbons (Fsp3) is 0.286. The molecule has 0 aliphatic rings. The lowest BCUT2D eigenvalue weighted by Crippen LogP contribution is -2.51. The molecule has 0 spiro atoms. The predicted octanol–water partition coefficient (Wildman–Crippen LogP) is 3.30. The number of ether oxygens (including phenoxy) is 1. The van der Waals surface area contributed by atoms with Gasteiger partial charge in [-0.15, -0.1) is 0 Å². The van der Waals surface area contributed by atoms with E-state index in [9.17, 15) is 9.59 Å². The van der Waals surface area contributed by atoms with E-state index in [1.54, 1.807) is 38.1 Å². The molecule has 2 aromatic rings. The van der Waals surface area contributed by atoms with Crippen molar-refractivity contribution < 1.29 is 14.3 Å². The maximum absolute atomic E-state index is 12.4. The molecule has 0 aromatic heterocycles. The number of hydrogen-bond donors (Lipinski definition) is 2. The standard InChI is InChI=1S/C21H23N3O3/c1-14-10-18(27-13-17-7-5-6-16(11-17)12-22)8-9-19(14)23-20(26)21(3,4)24-15(2)25/h5-11H,13H2,1-4H3,(H,23,26)(H,24,25). The number of rotatable bonds is 6. The molecule has 0 radical (unpaired) electrons. The van der Waals surface area contributed by atoms with Crippen LogP contribution in [0.1, 0.15) is 37.5 Å². The number of nitriles is 1. The van der Waals surface area contributed by atoms with Crippen LogP contribution >= 0.6 is 0 Å². The maximum Gasteiger partial charge on any atom is 0.249 e. The van der Waals surface area contributed by atoms with Gasteiger partial charge in [-0.25, -0.2) is 0 Å². The number of aryl methyl sites for hydroxylation is 1. The van der Waals surface area contributed by atoms with Crippen molar-refractivity contribution >= 4 is 17.5 Å². The largest absolute Gasteiger partial charge is 0.489 e. The third-order valence-corrected chi connectivity index (χ3v) is 3.96. The molecule has 2 amide bonds. The Bertz CT molecular complexity index is 898. The maximum atomic E-state index is 12.4. The Morgan fingerprint density at radius 1 is 1.19 bits per heavy atom. The number of nitrogens with one attached hydrogen (secondary N) is 2. The highest BCUT2D eigenvalue weighted by Crippen LogP contribution is 2.23. The smallest absolute Gasteiger partial charge is 0.249 e. The van der Waals surface area contributed by atoms with Gasteiger partial charge < -0.3 is 15.4 Å². The topological polar surface area (TPSA) is 91.2 Å². The number of carbonyl (C=O) groups is 2. The lowest BCUT2D eigenvalue weighted by molar-refractivity contribution is -0.128. The van der Waals surface area contributed by atoms with E-state index in [0.29, 0.717) is 23.6 Å². The second-order valence-corrected chi connectivity index (χ2v) is 6.84. The van der Waals surface area contributed by atoms with Gasteiger partial charge in [-0.2, -0.15) is 5.26 Å². The van der Waals surface area contributed by atoms with Crippen LogP contribution in [-0.4, -0.2) is 17.4 Å². The Morgan fingerprint density at radius 2 is 1.93 bits per heavy atom. The molecule has 2 aromatic carbocycles. The summed E-state index contributed by atoms with van der Waals surface area (Å²) in [5.74, 6) is 0.0906. The Balaban J connectivity index is 2.03. The van der Waals surface area contributed by atoms with Crippen LogP contribution < -0.4 is 15.4 Å². The number of hydrogen-bond acceptors (Lipinski definition) is 4. The van der Waals surface area contributed by atoms with Gasteiger partial charge in [-0.3, -0.25) is 9.59 Å². The van der Waals surface area contributed by atoms with Gasteiger partial charge in [0, 0.05) is 12.6 Å². The zero-order valence-electron chi connectivity index (χ0n) is 15.9. The van der Waals surface area contributed by atoms with E-state index in [2.05, 4.69) is 16.7 Å². The van der Waals surface area contributed by atoms with Crippen molar-refractivity contribution in [3.05, 3.63) is 59.2 Å². The molecule has 0 aliphatic heterocycles. The number of anilines is 1. The number of carbonyl (C=O) groups excluding carboxylic acids is 2. The van der Waals surface area contributed by atoms with Crippen LogP contribution in [-0.2, 0) is 16.2 Å². The SMILES string of the molecule is CC(=O)NC(C)(C)C(=O)Nc1ccc(OCc2cccc(C#N)c2)cc1C. The highest BCUT2D eigenvalue weighted by Gasteiger charge is 2.28. The molecule has 0 bridgehead atoms. The van der Waals surface area contributed by atoms with Crippen LogP contribution in [0.15, 0.2) is 42.5 Å². The van der Waals surface area contributed by atoms with Gasteiger partial charge in [0.2, 0.25) is 11.8 Å². The van der Waals surface area contributed by atoms with Crippen LogP contribution in [0.4, 0.5) is 5.69 Å². The van der Waals surface area contributed by atoms with Gasteiger partial charge in [-0.05, 0) is 62.2 Å². The zero-order chi connectivity index (χ0) is 20.0. The molecular formula is C21H23N3O3. The zero-order valence-corrected chi connectivity index (χ0v) is 15.9. The molecule has 0 heterocycles. The molecule has 140 valence electrons. The van der Waals surface area contributed by atoms with Gasteiger partial charge in [-0.1, -0.05) is 12.1 Å². The molecule has 0 aliphatic carbocycles. The minimum absolute atomic E-state index is 0.268. The lowest BCUT2D eigenvalue weighted by atomic mass is 10.0. The van der Waals surface area contributed by atoms with Crippen LogP contribution in [0.3, 0.4) is 0 Å². The number of amides is 2. The fourth-order valence-electron chi connectivity index (χ4n) is 2.54. The van der Waals surface area contributed by atoms with Gasteiger partial charge in [0.1, 0.15) is 17.9 Å². The van der Waals surface area contributed by atoms with Crippen LogP contribution in [0, 0.1) is 18.3 Å². The van der Waals surface area contributed by atoms with Crippen molar-refractivity contribution in [2.75, 3.05) is 5.32 Å². The molecule has 0 saturated carbocycles. The third kappa shape index (κ3) is 5.58. The monoisotopic (exact) mass is 365 g/mol. The van der Waals surface area contributed by atoms with Crippen molar-refractivity contribution in [3.63, 3.8) is 0 Å². The summed E-state index contributed by atoms with van der Waals surface area (Å²) in [5.41, 5.74) is 1.97. The van der Waals surface area contributed by atoms with Gasteiger partial charge in [0.25, 0.3) is 0 Å². The molecule has 27 heavy (non-hydrogen) atoms. The molecule has 6 heteroatoms. The van der Waals surface area contributed by atoms with Crippen LogP contribution in [0.5, 0.6) is 5.75 Å². The summed E-state index contributed by atoms with van der Waals surface area (Å²) in [6.45, 7) is 6.87.